The SMILES string of the molecule is O=c1c2cccnc2nc(CCCOCc2ccccc2)n1-c1ccc(OC2CCN(C3CCCC3)CC2)cc1. The van der Waals surface area contributed by atoms with E-state index in [2.05, 4.69) is 22.0 Å². The molecule has 7 heteroatoms. The van der Waals surface area contributed by atoms with E-state index in [1.165, 1.54) is 25.7 Å². The summed E-state index contributed by atoms with van der Waals surface area (Å²) in [6.07, 6.45) is 10.9. The maximum absolute atomic E-state index is 13.6. The van der Waals surface area contributed by atoms with Crippen LogP contribution in [-0.4, -0.2) is 51.3 Å². The normalized spacial score (nSPS) is 17.0. The Morgan fingerprint density at radius 2 is 1.65 bits per heavy atom. The van der Waals surface area contributed by atoms with Gasteiger partial charge < -0.3 is 14.4 Å². The standard InChI is InChI=1S/C33H38N4O3/c38-33-30-12-6-20-34-32(30)35-31(13-7-23-39-24-25-8-2-1-3-9-25)37(33)27-14-16-28(17-15-27)40-29-18-21-36(22-19-29)26-10-4-5-11-26/h1-3,6,8-9,12,14-17,20,26,29H,4-5,7,10-11,13,18-19,21-24H2. The van der Waals surface area contributed by atoms with Gasteiger partial charge in [0.15, 0.2) is 5.65 Å². The summed E-state index contributed by atoms with van der Waals surface area (Å²) in [4.78, 5) is 25.4. The highest BCUT2D eigenvalue weighted by Crippen LogP contribution is 2.28. The van der Waals surface area contributed by atoms with Crippen LogP contribution >= 0.6 is 0 Å². The maximum Gasteiger partial charge on any atom is 0.267 e. The number of hydrogen-bond acceptors (Lipinski definition) is 6. The third kappa shape index (κ3) is 6.26. The van der Waals surface area contributed by atoms with Gasteiger partial charge >= 0.3 is 0 Å². The second-order valence-corrected chi connectivity index (χ2v) is 11.0. The van der Waals surface area contributed by atoms with Crippen LogP contribution in [0.4, 0.5) is 0 Å². The largest absolute Gasteiger partial charge is 0.490 e. The average molecular weight is 539 g/mol. The van der Waals surface area contributed by atoms with Crippen molar-refractivity contribution in [1.29, 1.82) is 0 Å². The Balaban J connectivity index is 1.13. The Morgan fingerprint density at radius 1 is 0.875 bits per heavy atom. The van der Waals surface area contributed by atoms with E-state index in [4.69, 9.17) is 14.5 Å². The van der Waals surface area contributed by atoms with Crippen LogP contribution in [0.1, 0.15) is 56.3 Å². The minimum absolute atomic E-state index is 0.105. The maximum atomic E-state index is 13.6. The van der Waals surface area contributed by atoms with Crippen LogP contribution < -0.4 is 10.3 Å². The van der Waals surface area contributed by atoms with Crippen LogP contribution in [-0.2, 0) is 17.8 Å². The summed E-state index contributed by atoms with van der Waals surface area (Å²) in [7, 11) is 0. The smallest absolute Gasteiger partial charge is 0.267 e. The molecule has 1 aliphatic heterocycles. The highest BCUT2D eigenvalue weighted by Gasteiger charge is 2.27. The molecular formula is C33H38N4O3. The molecule has 1 saturated carbocycles. The highest BCUT2D eigenvalue weighted by atomic mass is 16.5. The van der Waals surface area contributed by atoms with Gasteiger partial charge in [-0.15, -0.1) is 0 Å². The number of aromatic nitrogens is 3. The van der Waals surface area contributed by atoms with E-state index in [1.807, 2.05) is 42.5 Å². The lowest BCUT2D eigenvalue weighted by atomic mass is 10.0. The molecule has 0 radical (unpaired) electrons. The third-order valence-electron chi connectivity index (χ3n) is 8.23. The number of likely N-dealkylation sites (tertiary alicyclic amines) is 1. The van der Waals surface area contributed by atoms with Crippen molar-refractivity contribution in [3.63, 3.8) is 0 Å². The summed E-state index contributed by atoms with van der Waals surface area (Å²) in [6.45, 7) is 3.40. The number of piperidine rings is 1. The number of hydrogen-bond donors (Lipinski definition) is 0. The molecule has 0 bridgehead atoms. The summed E-state index contributed by atoms with van der Waals surface area (Å²) in [6, 6.07) is 22.4. The van der Waals surface area contributed by atoms with Crippen LogP contribution in [0.15, 0.2) is 77.7 Å². The molecule has 1 aliphatic carbocycles. The lowest BCUT2D eigenvalue weighted by Gasteiger charge is -2.36. The number of rotatable bonds is 10. The lowest BCUT2D eigenvalue weighted by Crippen LogP contribution is -2.43. The van der Waals surface area contributed by atoms with Gasteiger partial charge in [0.1, 0.15) is 17.7 Å². The zero-order chi connectivity index (χ0) is 27.1. The van der Waals surface area contributed by atoms with Crippen molar-refractivity contribution in [3.05, 3.63) is 94.7 Å². The first-order valence-electron chi connectivity index (χ1n) is 14.7. The highest BCUT2D eigenvalue weighted by molar-refractivity contribution is 5.73. The number of benzene rings is 2. The summed E-state index contributed by atoms with van der Waals surface area (Å²) in [5, 5.41) is 0.515. The summed E-state index contributed by atoms with van der Waals surface area (Å²) < 4.78 is 14.0. The van der Waals surface area contributed by atoms with Crippen molar-refractivity contribution in [3.8, 4) is 11.4 Å². The van der Waals surface area contributed by atoms with E-state index in [-0.39, 0.29) is 11.7 Å². The van der Waals surface area contributed by atoms with Gasteiger partial charge in [-0.1, -0.05) is 43.2 Å². The fourth-order valence-electron chi connectivity index (χ4n) is 6.09. The molecule has 2 aromatic carbocycles. The summed E-state index contributed by atoms with van der Waals surface area (Å²) >= 11 is 0. The predicted octanol–water partition coefficient (Wildman–Crippen LogP) is 5.72. The molecule has 0 unspecified atom stereocenters. The minimum atomic E-state index is -0.105. The monoisotopic (exact) mass is 538 g/mol. The Bertz CT molecular complexity index is 1440. The molecular weight excluding hydrogens is 500 g/mol. The number of pyridine rings is 1. The first-order chi connectivity index (χ1) is 19.7. The van der Waals surface area contributed by atoms with Crippen molar-refractivity contribution in [2.45, 2.75) is 70.1 Å². The Kier molecular flexibility index (Phi) is 8.50. The quantitative estimate of drug-likeness (QED) is 0.241. The summed E-state index contributed by atoms with van der Waals surface area (Å²) in [5.74, 6) is 1.54. The topological polar surface area (TPSA) is 69.5 Å². The van der Waals surface area contributed by atoms with Gasteiger partial charge in [-0.2, -0.15) is 0 Å². The van der Waals surface area contributed by atoms with Crippen molar-refractivity contribution < 1.29 is 9.47 Å². The molecule has 4 aromatic rings. The van der Waals surface area contributed by atoms with Crippen molar-refractivity contribution >= 4 is 11.0 Å². The zero-order valence-corrected chi connectivity index (χ0v) is 23.1. The van der Waals surface area contributed by atoms with E-state index in [9.17, 15) is 4.79 Å². The fraction of sp³-hybridized carbons (Fsp3) is 0.424. The van der Waals surface area contributed by atoms with E-state index in [0.717, 1.165) is 55.4 Å². The van der Waals surface area contributed by atoms with Gasteiger partial charge in [-0.3, -0.25) is 9.36 Å². The molecule has 0 spiro atoms. The molecule has 2 fully saturated rings. The third-order valence-corrected chi connectivity index (χ3v) is 8.23. The summed E-state index contributed by atoms with van der Waals surface area (Å²) in [5.41, 5.74) is 2.31. The van der Waals surface area contributed by atoms with E-state index < -0.39 is 0 Å². The van der Waals surface area contributed by atoms with Gasteiger partial charge in [0, 0.05) is 38.4 Å². The lowest BCUT2D eigenvalue weighted by molar-refractivity contribution is 0.0768. The Morgan fingerprint density at radius 3 is 2.42 bits per heavy atom. The van der Waals surface area contributed by atoms with Gasteiger partial charge in [0.25, 0.3) is 5.56 Å². The van der Waals surface area contributed by atoms with Gasteiger partial charge in [0.05, 0.1) is 17.7 Å². The van der Waals surface area contributed by atoms with Crippen LogP contribution in [0.25, 0.3) is 16.7 Å². The zero-order valence-electron chi connectivity index (χ0n) is 23.1. The van der Waals surface area contributed by atoms with Crippen LogP contribution in [0, 0.1) is 0 Å². The molecule has 0 N–H and O–H groups in total. The number of ether oxygens (including phenoxy) is 2. The predicted molar refractivity (Wildman–Crippen MR) is 157 cm³/mol. The molecule has 0 atom stereocenters. The Hall–Kier alpha value is -3.55. The van der Waals surface area contributed by atoms with E-state index in [1.54, 1.807) is 22.9 Å². The molecule has 6 rings (SSSR count). The average Bonchev–Trinajstić information content (AvgIpc) is 3.54. The minimum Gasteiger partial charge on any atom is -0.490 e. The van der Waals surface area contributed by atoms with Crippen LogP contribution in [0.3, 0.4) is 0 Å². The molecule has 40 heavy (non-hydrogen) atoms. The van der Waals surface area contributed by atoms with Gasteiger partial charge in [-0.25, -0.2) is 9.97 Å². The van der Waals surface area contributed by atoms with Crippen molar-refractivity contribution in [2.75, 3.05) is 19.7 Å². The molecule has 1 saturated heterocycles. The van der Waals surface area contributed by atoms with Crippen LogP contribution in [0.5, 0.6) is 5.75 Å². The van der Waals surface area contributed by atoms with Gasteiger partial charge in [0.2, 0.25) is 0 Å². The molecule has 208 valence electrons. The number of fused-ring (bicyclic) bond motifs is 1. The second kappa shape index (κ2) is 12.7. The molecule has 2 aliphatic rings. The van der Waals surface area contributed by atoms with Crippen molar-refractivity contribution in [2.24, 2.45) is 0 Å². The Labute approximate surface area is 235 Å². The van der Waals surface area contributed by atoms with Crippen molar-refractivity contribution in [1.82, 2.24) is 19.4 Å². The van der Waals surface area contributed by atoms with E-state index >= 15 is 0 Å². The molecule has 2 aromatic heterocycles. The van der Waals surface area contributed by atoms with Gasteiger partial charge in [-0.05, 0) is 74.1 Å². The van der Waals surface area contributed by atoms with E-state index in [0.29, 0.717) is 36.5 Å². The van der Waals surface area contributed by atoms with Crippen LogP contribution in [0.2, 0.25) is 0 Å². The molecule has 7 nitrogen and oxygen atoms in total. The first kappa shape index (κ1) is 26.7. The molecule has 3 heterocycles. The second-order valence-electron chi connectivity index (χ2n) is 11.0. The first-order valence-corrected chi connectivity index (χ1v) is 14.7. The number of nitrogens with zero attached hydrogens (tertiary/aromatic N) is 4. The fourth-order valence-corrected chi connectivity index (χ4v) is 6.09. The molecule has 0 amide bonds. The number of aryl methyl sites for hydroxylation is 1.